The average Bonchev–Trinajstić information content (AvgIpc) is 2.22. The van der Waals surface area contributed by atoms with Crippen LogP contribution in [0.25, 0.3) is 0 Å². The van der Waals surface area contributed by atoms with Crippen LogP contribution in [0.2, 0.25) is 0 Å². The lowest BCUT2D eigenvalue weighted by Gasteiger charge is -2.00. The van der Waals surface area contributed by atoms with Crippen LogP contribution < -0.4 is 4.74 Å². The molecule has 0 radical (unpaired) electrons. The van der Waals surface area contributed by atoms with Crippen LogP contribution in [0.15, 0.2) is 42.4 Å². The Labute approximate surface area is 85.2 Å². The van der Waals surface area contributed by atoms with E-state index in [1.165, 1.54) is 6.08 Å². The van der Waals surface area contributed by atoms with Gasteiger partial charge in [0.1, 0.15) is 5.75 Å². The van der Waals surface area contributed by atoms with Gasteiger partial charge in [-0.2, -0.15) is 4.39 Å². The third-order valence-electron chi connectivity index (χ3n) is 1.32. The molecule has 0 heterocycles. The first kappa shape index (κ1) is 12.7. The molecule has 0 aliphatic carbocycles. The van der Waals surface area contributed by atoms with Crippen molar-refractivity contribution in [2.75, 3.05) is 0 Å². The van der Waals surface area contributed by atoms with Gasteiger partial charge in [0.15, 0.2) is 0 Å². The predicted molar refractivity (Wildman–Crippen MR) is 57.9 cm³/mol. The Morgan fingerprint density at radius 2 is 1.86 bits per heavy atom. The molecule has 0 spiro atoms. The second-order valence-electron chi connectivity index (χ2n) is 2.33. The SMILES string of the molecule is CC.CC/C=C(\F)Oc1ccccc1. The number of halogens is 1. The first-order chi connectivity index (χ1) is 6.83. The Morgan fingerprint density at radius 3 is 2.36 bits per heavy atom. The molecule has 0 saturated carbocycles. The molecular formula is C12H17FO. The van der Waals surface area contributed by atoms with Crippen LogP contribution in [-0.2, 0) is 0 Å². The van der Waals surface area contributed by atoms with Gasteiger partial charge < -0.3 is 4.74 Å². The molecule has 1 rings (SSSR count). The summed E-state index contributed by atoms with van der Waals surface area (Å²) in [6, 6.07) is 8.34. The van der Waals surface area contributed by atoms with Crippen molar-refractivity contribution < 1.29 is 9.13 Å². The van der Waals surface area contributed by atoms with E-state index < -0.39 is 6.01 Å². The summed E-state index contributed by atoms with van der Waals surface area (Å²) in [5.74, 6) is 0.528. The number of hydrogen-bond acceptors (Lipinski definition) is 1. The maximum atomic E-state index is 12.7. The van der Waals surface area contributed by atoms with Crippen LogP contribution in [0, 0.1) is 0 Å². The fraction of sp³-hybridized carbons (Fsp3) is 0.333. The monoisotopic (exact) mass is 196 g/mol. The van der Waals surface area contributed by atoms with Crippen LogP contribution in [-0.4, -0.2) is 0 Å². The zero-order valence-electron chi connectivity index (χ0n) is 8.96. The third-order valence-corrected chi connectivity index (χ3v) is 1.32. The number of hydrogen-bond donors (Lipinski definition) is 0. The predicted octanol–water partition coefficient (Wildman–Crippen LogP) is 4.31. The van der Waals surface area contributed by atoms with Gasteiger partial charge in [0.25, 0.3) is 6.01 Å². The van der Waals surface area contributed by atoms with Crippen molar-refractivity contribution in [3.63, 3.8) is 0 Å². The van der Waals surface area contributed by atoms with Crippen molar-refractivity contribution in [2.24, 2.45) is 0 Å². The Balaban J connectivity index is 0.000000791. The van der Waals surface area contributed by atoms with E-state index in [0.29, 0.717) is 12.2 Å². The van der Waals surface area contributed by atoms with Crippen molar-refractivity contribution in [3.8, 4) is 5.75 Å². The molecule has 0 bridgehead atoms. The Hall–Kier alpha value is -1.31. The number of rotatable bonds is 3. The maximum absolute atomic E-state index is 12.7. The lowest BCUT2D eigenvalue weighted by atomic mass is 10.3. The summed E-state index contributed by atoms with van der Waals surface area (Å²) in [5, 5.41) is 0. The maximum Gasteiger partial charge on any atom is 0.274 e. The molecule has 14 heavy (non-hydrogen) atoms. The van der Waals surface area contributed by atoms with E-state index in [1.807, 2.05) is 26.8 Å². The van der Waals surface area contributed by atoms with Crippen molar-refractivity contribution >= 4 is 0 Å². The minimum Gasteiger partial charge on any atom is -0.432 e. The van der Waals surface area contributed by atoms with Gasteiger partial charge in [0.05, 0.1) is 0 Å². The van der Waals surface area contributed by atoms with Crippen molar-refractivity contribution in [2.45, 2.75) is 27.2 Å². The molecule has 0 saturated heterocycles. The summed E-state index contributed by atoms with van der Waals surface area (Å²) in [7, 11) is 0. The van der Waals surface area contributed by atoms with Crippen molar-refractivity contribution in [1.82, 2.24) is 0 Å². The number of para-hydroxylation sites is 1. The molecule has 0 fully saturated rings. The van der Waals surface area contributed by atoms with E-state index in [0.717, 1.165) is 0 Å². The van der Waals surface area contributed by atoms with Gasteiger partial charge in [-0.15, -0.1) is 0 Å². The Kier molecular flexibility index (Phi) is 7.52. The van der Waals surface area contributed by atoms with E-state index in [1.54, 1.807) is 24.3 Å². The first-order valence-electron chi connectivity index (χ1n) is 4.91. The lowest BCUT2D eigenvalue weighted by Crippen LogP contribution is -1.87. The summed E-state index contributed by atoms with van der Waals surface area (Å²) in [4.78, 5) is 0. The molecular weight excluding hydrogens is 179 g/mol. The van der Waals surface area contributed by atoms with Crippen LogP contribution >= 0.6 is 0 Å². The van der Waals surface area contributed by atoms with Gasteiger partial charge in [-0.3, -0.25) is 0 Å². The summed E-state index contributed by atoms with van der Waals surface area (Å²) in [6.45, 7) is 5.86. The van der Waals surface area contributed by atoms with Crippen LogP contribution in [0.3, 0.4) is 0 Å². The van der Waals surface area contributed by atoms with E-state index in [-0.39, 0.29) is 0 Å². The third kappa shape index (κ3) is 5.36. The Morgan fingerprint density at radius 1 is 1.29 bits per heavy atom. The van der Waals surface area contributed by atoms with Crippen molar-refractivity contribution in [1.29, 1.82) is 0 Å². The second-order valence-corrected chi connectivity index (χ2v) is 2.33. The Bertz CT molecular complexity index is 254. The standard InChI is InChI=1S/C10H11FO.C2H6/c1-2-6-10(11)12-9-7-4-3-5-8-9;1-2/h3-8H,2H2,1H3;1-2H3/b10-6+;. The highest BCUT2D eigenvalue weighted by Crippen LogP contribution is 2.13. The largest absolute Gasteiger partial charge is 0.432 e. The van der Waals surface area contributed by atoms with Gasteiger partial charge in [-0.05, 0) is 24.6 Å². The molecule has 1 aromatic rings. The first-order valence-corrected chi connectivity index (χ1v) is 4.91. The fourth-order valence-corrected chi connectivity index (χ4v) is 0.803. The number of ether oxygens (including phenoxy) is 1. The normalized spacial score (nSPS) is 10.1. The van der Waals surface area contributed by atoms with Crippen molar-refractivity contribution in [3.05, 3.63) is 42.4 Å². The molecule has 1 nitrogen and oxygen atoms in total. The fourth-order valence-electron chi connectivity index (χ4n) is 0.803. The molecule has 78 valence electrons. The summed E-state index contributed by atoms with van der Waals surface area (Å²) < 4.78 is 17.6. The van der Waals surface area contributed by atoms with Gasteiger partial charge in [0.2, 0.25) is 0 Å². The second kappa shape index (κ2) is 8.30. The van der Waals surface area contributed by atoms with E-state index in [9.17, 15) is 4.39 Å². The highest BCUT2D eigenvalue weighted by molar-refractivity contribution is 5.22. The minimum atomic E-state index is -0.538. The van der Waals surface area contributed by atoms with Gasteiger partial charge >= 0.3 is 0 Å². The van der Waals surface area contributed by atoms with E-state index in [2.05, 4.69) is 0 Å². The highest BCUT2D eigenvalue weighted by Gasteiger charge is 1.95. The molecule has 1 aromatic carbocycles. The van der Waals surface area contributed by atoms with Crippen LogP contribution in [0.5, 0.6) is 5.75 Å². The van der Waals surface area contributed by atoms with Crippen LogP contribution in [0.1, 0.15) is 27.2 Å². The molecule has 0 unspecified atom stereocenters. The molecule has 0 aliphatic heterocycles. The lowest BCUT2D eigenvalue weighted by molar-refractivity contribution is 0.300. The van der Waals surface area contributed by atoms with Gasteiger partial charge in [-0.1, -0.05) is 39.0 Å². The summed E-state index contributed by atoms with van der Waals surface area (Å²) >= 11 is 0. The number of benzene rings is 1. The average molecular weight is 196 g/mol. The minimum absolute atomic E-state index is 0.528. The van der Waals surface area contributed by atoms with Gasteiger partial charge in [-0.25, -0.2) is 0 Å². The summed E-state index contributed by atoms with van der Waals surface area (Å²) in [6.07, 6.45) is 2.03. The van der Waals surface area contributed by atoms with E-state index in [4.69, 9.17) is 4.74 Å². The highest BCUT2D eigenvalue weighted by atomic mass is 19.1. The van der Waals surface area contributed by atoms with Gasteiger partial charge in [0, 0.05) is 0 Å². The van der Waals surface area contributed by atoms with Crippen LogP contribution in [0.4, 0.5) is 4.39 Å². The molecule has 0 aromatic heterocycles. The zero-order chi connectivity index (χ0) is 10.8. The number of allylic oxidation sites excluding steroid dienone is 1. The molecule has 2 heteroatoms. The quantitative estimate of drug-likeness (QED) is 0.654. The summed E-state index contributed by atoms with van der Waals surface area (Å²) in [5.41, 5.74) is 0. The molecule has 0 atom stereocenters. The molecule has 0 amide bonds. The molecule has 0 aliphatic rings. The topological polar surface area (TPSA) is 9.23 Å². The van der Waals surface area contributed by atoms with E-state index >= 15 is 0 Å². The molecule has 0 N–H and O–H groups in total. The smallest absolute Gasteiger partial charge is 0.274 e. The zero-order valence-corrected chi connectivity index (χ0v) is 8.96.